The average Bonchev–Trinajstić information content (AvgIpc) is 3.30. The highest BCUT2D eigenvalue weighted by molar-refractivity contribution is 5.98. The monoisotopic (exact) mass is 422 g/mol. The maximum atomic E-state index is 12.4. The van der Waals surface area contributed by atoms with Crippen LogP contribution in [0.1, 0.15) is 38.7 Å². The molecule has 2 aromatic heterocycles. The lowest BCUT2D eigenvalue weighted by Gasteiger charge is -2.07. The molecule has 1 aromatic carbocycles. The highest BCUT2D eigenvalue weighted by Gasteiger charge is 2.20. The molecular weight excluding hydrogens is 400 g/mol. The van der Waals surface area contributed by atoms with Crippen molar-refractivity contribution in [3.05, 3.63) is 58.2 Å². The number of aryl methyl sites for hydroxylation is 3. The van der Waals surface area contributed by atoms with Crippen LogP contribution in [0.25, 0.3) is 5.95 Å². The number of nitrogens with zero attached hydrogens (tertiary/aromatic N) is 4. The Morgan fingerprint density at radius 3 is 2.48 bits per heavy atom. The van der Waals surface area contributed by atoms with Crippen molar-refractivity contribution in [1.29, 1.82) is 0 Å². The van der Waals surface area contributed by atoms with E-state index in [0.29, 0.717) is 28.7 Å². The number of fused-ring (bicyclic) bond motifs is 1. The van der Waals surface area contributed by atoms with E-state index in [1.165, 1.54) is 0 Å². The van der Waals surface area contributed by atoms with E-state index in [0.717, 1.165) is 22.6 Å². The van der Waals surface area contributed by atoms with E-state index in [-0.39, 0.29) is 25.6 Å². The normalized spacial score (nSPS) is 12.1. The van der Waals surface area contributed by atoms with Gasteiger partial charge >= 0.3 is 5.97 Å². The lowest BCUT2D eigenvalue weighted by Crippen LogP contribution is -2.16. The minimum Gasteiger partial charge on any atom is -0.457 e. The molecule has 3 heterocycles. The lowest BCUT2D eigenvalue weighted by molar-refractivity contribution is -0.141. The third-order valence-corrected chi connectivity index (χ3v) is 4.98. The van der Waals surface area contributed by atoms with Gasteiger partial charge in [-0.05, 0) is 52.0 Å². The average molecular weight is 422 g/mol. The van der Waals surface area contributed by atoms with Gasteiger partial charge in [0.05, 0.1) is 12.1 Å². The number of ketones is 1. The fraction of sp³-hybridized carbons (Fsp3) is 0.318. The molecule has 0 radical (unpaired) electrons. The van der Waals surface area contributed by atoms with Crippen molar-refractivity contribution in [2.75, 3.05) is 13.4 Å². The summed E-state index contributed by atoms with van der Waals surface area (Å²) in [5.41, 5.74) is 4.21. The fourth-order valence-corrected chi connectivity index (χ4v) is 3.42. The van der Waals surface area contributed by atoms with Crippen molar-refractivity contribution in [3.8, 4) is 17.4 Å². The summed E-state index contributed by atoms with van der Waals surface area (Å²) in [6.45, 7) is 7.21. The lowest BCUT2D eigenvalue weighted by atomic mass is 10.1. The second-order valence-electron chi connectivity index (χ2n) is 7.34. The summed E-state index contributed by atoms with van der Waals surface area (Å²) in [6, 6.07) is 6.74. The summed E-state index contributed by atoms with van der Waals surface area (Å²) in [5, 5.41) is 4.48. The third kappa shape index (κ3) is 4.25. The Labute approximate surface area is 179 Å². The van der Waals surface area contributed by atoms with Gasteiger partial charge in [0.25, 0.3) is 5.95 Å². The van der Waals surface area contributed by atoms with Gasteiger partial charge in [-0.15, -0.1) is 0 Å². The molecule has 9 heteroatoms. The minimum absolute atomic E-state index is 0.00309. The number of rotatable bonds is 6. The van der Waals surface area contributed by atoms with Gasteiger partial charge in [0.2, 0.25) is 6.79 Å². The van der Waals surface area contributed by atoms with Gasteiger partial charge in [0.1, 0.15) is 0 Å². The van der Waals surface area contributed by atoms with Gasteiger partial charge in [0, 0.05) is 28.2 Å². The summed E-state index contributed by atoms with van der Waals surface area (Å²) < 4.78 is 17.3. The van der Waals surface area contributed by atoms with Crippen LogP contribution >= 0.6 is 0 Å². The van der Waals surface area contributed by atoms with Crippen molar-refractivity contribution in [1.82, 2.24) is 19.7 Å². The van der Waals surface area contributed by atoms with Crippen LogP contribution in [0.15, 0.2) is 24.3 Å². The van der Waals surface area contributed by atoms with Crippen LogP contribution in [-0.4, -0.2) is 44.9 Å². The first kappa shape index (κ1) is 20.5. The zero-order chi connectivity index (χ0) is 22.1. The van der Waals surface area contributed by atoms with E-state index in [1.807, 2.05) is 33.8 Å². The fourth-order valence-electron chi connectivity index (χ4n) is 3.42. The number of esters is 1. The molecule has 3 aromatic rings. The zero-order valence-corrected chi connectivity index (χ0v) is 17.8. The molecule has 0 saturated heterocycles. The van der Waals surface area contributed by atoms with Gasteiger partial charge in [-0.1, -0.05) is 0 Å². The third-order valence-electron chi connectivity index (χ3n) is 4.98. The quantitative estimate of drug-likeness (QED) is 0.441. The van der Waals surface area contributed by atoms with E-state index in [2.05, 4.69) is 15.1 Å². The summed E-state index contributed by atoms with van der Waals surface area (Å²) in [5.74, 6) is 0.713. The van der Waals surface area contributed by atoms with E-state index in [1.54, 1.807) is 22.9 Å². The van der Waals surface area contributed by atoms with Crippen LogP contribution in [0.5, 0.6) is 11.5 Å². The van der Waals surface area contributed by atoms with Gasteiger partial charge in [-0.25, -0.2) is 14.6 Å². The zero-order valence-electron chi connectivity index (χ0n) is 17.8. The molecule has 1 aliphatic heterocycles. The van der Waals surface area contributed by atoms with Crippen LogP contribution in [0.3, 0.4) is 0 Å². The molecule has 0 fully saturated rings. The van der Waals surface area contributed by atoms with E-state index < -0.39 is 5.97 Å². The van der Waals surface area contributed by atoms with E-state index in [9.17, 15) is 9.59 Å². The van der Waals surface area contributed by atoms with Crippen molar-refractivity contribution in [2.24, 2.45) is 0 Å². The van der Waals surface area contributed by atoms with Crippen molar-refractivity contribution in [3.63, 3.8) is 0 Å². The molecule has 31 heavy (non-hydrogen) atoms. The molecule has 4 rings (SSSR count). The molecule has 160 valence electrons. The number of aromatic nitrogens is 4. The molecule has 9 nitrogen and oxygen atoms in total. The molecule has 0 amide bonds. The van der Waals surface area contributed by atoms with Gasteiger partial charge in [-0.3, -0.25) is 9.59 Å². The standard InChI is InChI=1S/C22H22N4O5/c1-12-7-13(2)24-22(23-12)26-15(4)17(14(3)25-26)9-21(28)29-10-18(27)16-5-6-19-20(8-16)31-11-30-19/h5-8H,9-11H2,1-4H3. The first-order valence-electron chi connectivity index (χ1n) is 9.78. The Balaban J connectivity index is 1.43. The number of carbonyl (C=O) groups is 2. The van der Waals surface area contributed by atoms with Crippen molar-refractivity contribution in [2.45, 2.75) is 34.1 Å². The number of carbonyl (C=O) groups excluding carboxylic acids is 2. The Kier molecular flexibility index (Phi) is 5.41. The molecule has 0 bridgehead atoms. The summed E-state index contributed by atoms with van der Waals surface area (Å²) in [6.07, 6.45) is -0.00309. The first-order chi connectivity index (χ1) is 14.8. The second kappa shape index (κ2) is 8.17. The van der Waals surface area contributed by atoms with Crippen molar-refractivity contribution >= 4 is 11.8 Å². The maximum Gasteiger partial charge on any atom is 0.310 e. The van der Waals surface area contributed by atoms with Crippen molar-refractivity contribution < 1.29 is 23.8 Å². The molecule has 0 spiro atoms. The molecular formula is C22H22N4O5. The van der Waals surface area contributed by atoms with E-state index in [4.69, 9.17) is 14.2 Å². The summed E-state index contributed by atoms with van der Waals surface area (Å²) in [4.78, 5) is 33.6. The maximum absolute atomic E-state index is 12.4. The topological polar surface area (TPSA) is 105 Å². The Bertz CT molecular complexity index is 1160. The minimum atomic E-state index is -0.513. The molecule has 0 unspecified atom stereocenters. The predicted octanol–water partition coefficient (Wildman–Crippen LogP) is 2.59. The molecule has 0 atom stereocenters. The number of ether oxygens (including phenoxy) is 3. The highest BCUT2D eigenvalue weighted by Crippen LogP contribution is 2.32. The first-order valence-corrected chi connectivity index (χ1v) is 9.78. The van der Waals surface area contributed by atoms with Crippen LogP contribution < -0.4 is 9.47 Å². The Morgan fingerprint density at radius 2 is 1.74 bits per heavy atom. The Hall–Kier alpha value is -3.75. The predicted molar refractivity (Wildman–Crippen MR) is 110 cm³/mol. The molecule has 0 saturated carbocycles. The van der Waals surface area contributed by atoms with Gasteiger partial charge in [-0.2, -0.15) is 5.10 Å². The molecule has 0 N–H and O–H groups in total. The Morgan fingerprint density at radius 1 is 1.03 bits per heavy atom. The summed E-state index contributed by atoms with van der Waals surface area (Å²) in [7, 11) is 0. The molecule has 1 aliphatic rings. The van der Waals surface area contributed by atoms with E-state index >= 15 is 0 Å². The smallest absolute Gasteiger partial charge is 0.310 e. The van der Waals surface area contributed by atoms with Crippen LogP contribution in [-0.2, 0) is 16.0 Å². The summed E-state index contributed by atoms with van der Waals surface area (Å²) >= 11 is 0. The van der Waals surface area contributed by atoms with Crippen LogP contribution in [0.4, 0.5) is 0 Å². The number of benzene rings is 1. The molecule has 0 aliphatic carbocycles. The van der Waals surface area contributed by atoms with Crippen LogP contribution in [0, 0.1) is 27.7 Å². The number of hydrogen-bond donors (Lipinski definition) is 0. The second-order valence-corrected chi connectivity index (χ2v) is 7.34. The number of hydrogen-bond acceptors (Lipinski definition) is 8. The van der Waals surface area contributed by atoms with Crippen LogP contribution in [0.2, 0.25) is 0 Å². The largest absolute Gasteiger partial charge is 0.457 e. The highest BCUT2D eigenvalue weighted by atomic mass is 16.7. The van der Waals surface area contributed by atoms with Gasteiger partial charge in [0.15, 0.2) is 23.9 Å². The van der Waals surface area contributed by atoms with Gasteiger partial charge < -0.3 is 14.2 Å². The SMILES string of the molecule is Cc1cc(C)nc(-n2nc(C)c(CC(=O)OCC(=O)c3ccc4c(c3)OCO4)c2C)n1. The number of Topliss-reactive ketones (excluding diaryl/α,β-unsaturated/α-hetero) is 1.